The van der Waals surface area contributed by atoms with Crippen LogP contribution in [0.25, 0.3) is 0 Å². The summed E-state index contributed by atoms with van der Waals surface area (Å²) in [4.78, 5) is 22.7. The first kappa shape index (κ1) is 24.9. The summed E-state index contributed by atoms with van der Waals surface area (Å²) in [5, 5.41) is 44.4. The van der Waals surface area contributed by atoms with Crippen molar-refractivity contribution in [3.05, 3.63) is 0 Å². The number of hydrogen-bond acceptors (Lipinski definition) is 5. The summed E-state index contributed by atoms with van der Waals surface area (Å²) in [5.41, 5.74) is -0.214. The van der Waals surface area contributed by atoms with Crippen molar-refractivity contribution in [1.82, 2.24) is 5.32 Å². The standard InChI is InChI=1S/C26H43NO6/c1-14(4-7-22(31)27-13-23(32)33)17-5-6-18-24-19(12-21(30)26(17,18)3)25(2)9-8-16(28)10-15(25)11-20(24)29/h14-21,24,28-30H,4-13H2,1-3H3,(H,27,31)(H,32,33)/t14?,15?,16-,17?,18+,19+,20-,21+,24+,25+,26-/m1/s1. The van der Waals surface area contributed by atoms with Gasteiger partial charge in [-0.3, -0.25) is 9.59 Å². The van der Waals surface area contributed by atoms with Crippen molar-refractivity contribution in [2.24, 2.45) is 46.3 Å². The van der Waals surface area contributed by atoms with Crippen molar-refractivity contribution < 1.29 is 30.0 Å². The average molecular weight is 466 g/mol. The summed E-state index contributed by atoms with van der Waals surface area (Å²) in [5.74, 6) is 0.265. The number of carboxylic acids is 1. The molecular formula is C26H43NO6. The molecule has 1 amide bonds. The number of nitrogens with one attached hydrogen (secondary N) is 1. The molecule has 0 saturated heterocycles. The summed E-state index contributed by atoms with van der Waals surface area (Å²) in [6.07, 6.45) is 5.86. The predicted octanol–water partition coefficient (Wildman–Crippen LogP) is 2.56. The van der Waals surface area contributed by atoms with E-state index in [0.717, 1.165) is 38.5 Å². The van der Waals surface area contributed by atoms with Crippen LogP contribution in [0.2, 0.25) is 0 Å². The number of hydrogen-bond donors (Lipinski definition) is 5. The summed E-state index contributed by atoms with van der Waals surface area (Å²) >= 11 is 0. The molecule has 4 aliphatic rings. The molecule has 0 aliphatic heterocycles. The van der Waals surface area contributed by atoms with Crippen LogP contribution in [0.5, 0.6) is 0 Å². The second kappa shape index (κ2) is 9.12. The van der Waals surface area contributed by atoms with E-state index in [0.29, 0.717) is 25.2 Å². The van der Waals surface area contributed by atoms with Gasteiger partial charge in [-0.25, -0.2) is 0 Å². The summed E-state index contributed by atoms with van der Waals surface area (Å²) in [6.45, 7) is 6.35. The SMILES string of the molecule is CC(CCC(=O)NCC(=O)O)C1CC[C@H]2[C@@H]3[C@H](O)CC4C[C@H](O)CC[C@]4(C)[C@H]3C[C@H](O)[C@]12C. The van der Waals surface area contributed by atoms with Crippen LogP contribution in [-0.2, 0) is 9.59 Å². The number of amides is 1. The fourth-order valence-corrected chi connectivity index (χ4v) is 8.95. The van der Waals surface area contributed by atoms with Gasteiger partial charge in [-0.05, 0) is 97.7 Å². The van der Waals surface area contributed by atoms with Gasteiger partial charge in [0.05, 0.1) is 18.3 Å². The lowest BCUT2D eigenvalue weighted by Crippen LogP contribution is -2.62. The number of aliphatic carboxylic acids is 1. The second-order valence-corrected chi connectivity index (χ2v) is 12.2. The van der Waals surface area contributed by atoms with Gasteiger partial charge in [0.25, 0.3) is 0 Å². The number of carboxylic acid groups (broad SMARTS) is 1. The molecule has 33 heavy (non-hydrogen) atoms. The van der Waals surface area contributed by atoms with Crippen LogP contribution in [-0.4, -0.2) is 57.2 Å². The molecular weight excluding hydrogens is 422 g/mol. The number of carbonyl (C=O) groups excluding carboxylic acids is 1. The zero-order valence-corrected chi connectivity index (χ0v) is 20.4. The van der Waals surface area contributed by atoms with E-state index in [9.17, 15) is 24.9 Å². The van der Waals surface area contributed by atoms with Gasteiger partial charge in [0.15, 0.2) is 0 Å². The van der Waals surface area contributed by atoms with E-state index in [1.165, 1.54) is 0 Å². The van der Waals surface area contributed by atoms with Crippen molar-refractivity contribution in [2.75, 3.05) is 6.54 Å². The second-order valence-electron chi connectivity index (χ2n) is 12.2. The third-order valence-electron chi connectivity index (χ3n) is 10.8. The Morgan fingerprint density at radius 3 is 2.45 bits per heavy atom. The maximum absolute atomic E-state index is 12.0. The van der Waals surface area contributed by atoms with Crippen molar-refractivity contribution in [3.63, 3.8) is 0 Å². The largest absolute Gasteiger partial charge is 0.480 e. The molecule has 5 N–H and O–H groups in total. The number of carbonyl (C=O) groups is 2. The molecule has 4 fully saturated rings. The topological polar surface area (TPSA) is 127 Å². The van der Waals surface area contributed by atoms with Crippen molar-refractivity contribution in [3.8, 4) is 0 Å². The van der Waals surface area contributed by atoms with E-state index in [-0.39, 0.29) is 65.1 Å². The monoisotopic (exact) mass is 465 g/mol. The minimum absolute atomic E-state index is 0.0668. The van der Waals surface area contributed by atoms with Crippen LogP contribution >= 0.6 is 0 Å². The first-order valence-electron chi connectivity index (χ1n) is 13.0. The number of fused-ring (bicyclic) bond motifs is 5. The molecule has 4 rings (SSSR count). The Kier molecular flexibility index (Phi) is 6.89. The lowest BCUT2D eigenvalue weighted by Gasteiger charge is -2.63. The summed E-state index contributed by atoms with van der Waals surface area (Å²) < 4.78 is 0. The highest BCUT2D eigenvalue weighted by Gasteiger charge is 2.65. The third kappa shape index (κ3) is 4.23. The molecule has 0 aromatic heterocycles. The molecule has 0 aromatic carbocycles. The molecule has 4 saturated carbocycles. The predicted molar refractivity (Wildman–Crippen MR) is 123 cm³/mol. The van der Waals surface area contributed by atoms with E-state index >= 15 is 0 Å². The number of aliphatic hydroxyl groups excluding tert-OH is 3. The lowest BCUT2D eigenvalue weighted by atomic mass is 9.43. The fourth-order valence-electron chi connectivity index (χ4n) is 8.95. The first-order valence-corrected chi connectivity index (χ1v) is 13.0. The zero-order chi connectivity index (χ0) is 24.1. The minimum atomic E-state index is -1.04. The van der Waals surface area contributed by atoms with Gasteiger partial charge in [0.2, 0.25) is 5.91 Å². The van der Waals surface area contributed by atoms with E-state index in [1.807, 2.05) is 0 Å². The van der Waals surface area contributed by atoms with Gasteiger partial charge in [0.1, 0.15) is 6.54 Å². The summed E-state index contributed by atoms with van der Waals surface area (Å²) in [7, 11) is 0. The van der Waals surface area contributed by atoms with Crippen molar-refractivity contribution in [1.29, 1.82) is 0 Å². The van der Waals surface area contributed by atoms with E-state index in [4.69, 9.17) is 5.11 Å². The Morgan fingerprint density at radius 1 is 1.03 bits per heavy atom. The van der Waals surface area contributed by atoms with Gasteiger partial charge >= 0.3 is 5.97 Å². The van der Waals surface area contributed by atoms with Gasteiger partial charge in [-0.2, -0.15) is 0 Å². The molecule has 7 nitrogen and oxygen atoms in total. The maximum atomic E-state index is 12.0. The van der Waals surface area contributed by atoms with E-state index in [2.05, 4.69) is 26.1 Å². The van der Waals surface area contributed by atoms with Gasteiger partial charge in [0, 0.05) is 6.42 Å². The van der Waals surface area contributed by atoms with E-state index < -0.39 is 12.1 Å². The maximum Gasteiger partial charge on any atom is 0.322 e. The van der Waals surface area contributed by atoms with Gasteiger partial charge in [-0.15, -0.1) is 0 Å². The minimum Gasteiger partial charge on any atom is -0.480 e. The highest BCUT2D eigenvalue weighted by molar-refractivity contribution is 5.81. The normalized spacial score (nSPS) is 47.7. The molecule has 0 bridgehead atoms. The van der Waals surface area contributed by atoms with Gasteiger partial charge < -0.3 is 25.7 Å². The van der Waals surface area contributed by atoms with Crippen LogP contribution in [0, 0.1) is 46.3 Å². The summed E-state index contributed by atoms with van der Waals surface area (Å²) in [6, 6.07) is 0. The molecule has 3 unspecified atom stereocenters. The van der Waals surface area contributed by atoms with Gasteiger partial charge in [-0.1, -0.05) is 20.8 Å². The third-order valence-corrected chi connectivity index (χ3v) is 10.8. The average Bonchev–Trinajstić information content (AvgIpc) is 3.11. The molecule has 4 aliphatic carbocycles. The van der Waals surface area contributed by atoms with Crippen LogP contribution in [0.3, 0.4) is 0 Å². The van der Waals surface area contributed by atoms with Crippen LogP contribution < -0.4 is 5.32 Å². The van der Waals surface area contributed by atoms with Crippen LogP contribution in [0.15, 0.2) is 0 Å². The highest BCUT2D eigenvalue weighted by atomic mass is 16.4. The van der Waals surface area contributed by atoms with Crippen molar-refractivity contribution >= 4 is 11.9 Å². The molecule has 0 aromatic rings. The quantitative estimate of drug-likeness (QED) is 0.410. The molecule has 188 valence electrons. The highest BCUT2D eigenvalue weighted by Crippen LogP contribution is 2.68. The Balaban J connectivity index is 1.49. The van der Waals surface area contributed by atoms with Crippen LogP contribution in [0.1, 0.15) is 78.6 Å². The molecule has 11 atom stereocenters. The first-order chi connectivity index (χ1) is 15.5. The lowest BCUT2D eigenvalue weighted by molar-refractivity contribution is -0.207. The molecule has 7 heteroatoms. The zero-order valence-electron chi connectivity index (χ0n) is 20.4. The Hall–Kier alpha value is -1.18. The van der Waals surface area contributed by atoms with Crippen molar-refractivity contribution in [2.45, 2.75) is 96.9 Å². The van der Waals surface area contributed by atoms with Crippen LogP contribution in [0.4, 0.5) is 0 Å². The molecule has 0 heterocycles. The molecule has 0 radical (unpaired) electrons. The Labute approximate surface area is 197 Å². The smallest absolute Gasteiger partial charge is 0.322 e. The number of aliphatic hydroxyl groups is 3. The Morgan fingerprint density at radius 2 is 1.76 bits per heavy atom. The van der Waals surface area contributed by atoms with E-state index in [1.54, 1.807) is 0 Å². The Bertz CT molecular complexity index is 759. The molecule has 0 spiro atoms. The fraction of sp³-hybridized carbons (Fsp3) is 0.923. The number of rotatable bonds is 6.